The van der Waals surface area contributed by atoms with Crippen LogP contribution in [-0.2, 0) is 22.4 Å². The van der Waals surface area contributed by atoms with Crippen LogP contribution in [0.5, 0.6) is 0 Å². The van der Waals surface area contributed by atoms with E-state index in [4.69, 9.17) is 14.7 Å². The third kappa shape index (κ3) is 5.28. The van der Waals surface area contributed by atoms with Crippen LogP contribution in [0.3, 0.4) is 0 Å². The van der Waals surface area contributed by atoms with Gasteiger partial charge in [-0.25, -0.2) is 9.97 Å². The van der Waals surface area contributed by atoms with E-state index in [9.17, 15) is 4.79 Å². The van der Waals surface area contributed by atoms with Crippen molar-refractivity contribution in [1.82, 2.24) is 19.9 Å². The Labute approximate surface area is 243 Å². The van der Waals surface area contributed by atoms with Gasteiger partial charge in [0, 0.05) is 28.5 Å². The molecule has 5 heterocycles. The second-order valence-electron chi connectivity index (χ2n) is 11.3. The molecule has 5 rings (SSSR count). The fourth-order valence-corrected chi connectivity index (χ4v) is 6.07. The van der Waals surface area contributed by atoms with Gasteiger partial charge in [-0.05, 0) is 129 Å². The van der Waals surface area contributed by atoms with E-state index in [-0.39, 0.29) is 5.97 Å². The molecule has 3 aromatic heterocycles. The Balaban J connectivity index is 1.89. The first kappa shape index (κ1) is 28.6. The predicted molar refractivity (Wildman–Crippen MR) is 170 cm³/mol. The number of fused-ring (bicyclic) bond motifs is 8. The van der Waals surface area contributed by atoms with E-state index >= 15 is 0 Å². The predicted octanol–water partition coefficient (Wildman–Crippen LogP) is 8.67. The van der Waals surface area contributed by atoms with Crippen LogP contribution in [0.15, 0.2) is 24.3 Å². The highest BCUT2D eigenvalue weighted by atomic mass is 16.5. The van der Waals surface area contributed by atoms with Gasteiger partial charge in [0.2, 0.25) is 0 Å². The molecule has 0 saturated carbocycles. The molecule has 0 amide bonds. The van der Waals surface area contributed by atoms with Crippen molar-refractivity contribution in [3.8, 4) is 0 Å². The molecule has 214 valence electrons. The molecule has 0 spiro atoms. The van der Waals surface area contributed by atoms with E-state index in [0.717, 1.165) is 81.7 Å². The number of nitrogens with zero attached hydrogens (tertiary/aromatic N) is 2. The smallest absolute Gasteiger partial charge is 0.305 e. The molecule has 41 heavy (non-hydrogen) atoms. The first-order chi connectivity index (χ1) is 19.7. The molecular formula is C35H42N4O2. The van der Waals surface area contributed by atoms with Crippen LogP contribution in [0.4, 0.5) is 0 Å². The van der Waals surface area contributed by atoms with Gasteiger partial charge in [0.1, 0.15) is 0 Å². The summed E-state index contributed by atoms with van der Waals surface area (Å²) in [6, 6.07) is 8.73. The lowest BCUT2D eigenvalue weighted by molar-refractivity contribution is -0.140. The number of aromatic amines is 2. The van der Waals surface area contributed by atoms with E-state index in [0.29, 0.717) is 12.8 Å². The molecule has 6 heteroatoms. The van der Waals surface area contributed by atoms with Gasteiger partial charge in [-0.2, -0.15) is 0 Å². The highest BCUT2D eigenvalue weighted by Gasteiger charge is 2.20. The Morgan fingerprint density at radius 1 is 0.707 bits per heavy atom. The quantitative estimate of drug-likeness (QED) is 0.288. The zero-order valence-electron chi connectivity index (χ0n) is 25.8. The molecule has 2 aliphatic rings. The van der Waals surface area contributed by atoms with Crippen LogP contribution >= 0.6 is 0 Å². The zero-order valence-corrected chi connectivity index (χ0v) is 25.8. The summed E-state index contributed by atoms with van der Waals surface area (Å²) < 4.78 is 4.96. The van der Waals surface area contributed by atoms with Crippen molar-refractivity contribution in [3.05, 3.63) is 69.3 Å². The molecule has 0 aromatic carbocycles. The van der Waals surface area contributed by atoms with Crippen molar-refractivity contribution < 1.29 is 9.53 Å². The minimum atomic E-state index is -0.207. The number of allylic oxidation sites excluding steroid dienone is 4. The first-order valence-corrected chi connectivity index (χ1v) is 14.8. The van der Waals surface area contributed by atoms with Crippen molar-refractivity contribution in [2.45, 2.75) is 87.0 Å². The van der Waals surface area contributed by atoms with Gasteiger partial charge in [-0.1, -0.05) is 20.3 Å². The number of ether oxygens (including phenoxy) is 1. The molecule has 0 aliphatic carbocycles. The molecular weight excluding hydrogens is 508 g/mol. The number of esters is 1. The van der Waals surface area contributed by atoms with Crippen molar-refractivity contribution in [1.29, 1.82) is 0 Å². The van der Waals surface area contributed by atoms with Crippen molar-refractivity contribution in [2.75, 3.05) is 7.11 Å². The largest absolute Gasteiger partial charge is 0.469 e. The summed E-state index contributed by atoms with van der Waals surface area (Å²) in [5, 5.41) is 0. The number of aromatic nitrogens is 4. The summed E-state index contributed by atoms with van der Waals surface area (Å²) in [5.74, 6) is -0.207. The Kier molecular flexibility index (Phi) is 8.03. The molecule has 2 N–H and O–H groups in total. The maximum atomic E-state index is 12.1. The number of unbranched alkanes of at least 4 members (excludes halogenated alkanes) is 1. The number of methoxy groups -OCH3 is 1. The molecule has 8 bridgehead atoms. The van der Waals surface area contributed by atoms with Crippen LogP contribution < -0.4 is 0 Å². The van der Waals surface area contributed by atoms with E-state index in [1.807, 2.05) is 0 Å². The summed E-state index contributed by atoms with van der Waals surface area (Å²) in [4.78, 5) is 29.7. The lowest BCUT2D eigenvalue weighted by Gasteiger charge is -2.03. The Bertz CT molecular complexity index is 1760. The number of hydrogen-bond acceptors (Lipinski definition) is 4. The maximum absolute atomic E-state index is 12.1. The second kappa shape index (κ2) is 11.5. The average Bonchev–Trinajstić information content (AvgIpc) is 3.60. The van der Waals surface area contributed by atoms with E-state index in [2.05, 4.69) is 82.7 Å². The molecule has 0 radical (unpaired) electrons. The lowest BCUT2D eigenvalue weighted by Crippen LogP contribution is -2.02. The number of rotatable bonds is 7. The summed E-state index contributed by atoms with van der Waals surface area (Å²) in [6.07, 6.45) is 5.11. The van der Waals surface area contributed by atoms with Crippen molar-refractivity contribution >= 4 is 50.3 Å². The van der Waals surface area contributed by atoms with Crippen molar-refractivity contribution in [2.24, 2.45) is 0 Å². The molecule has 6 nitrogen and oxygen atoms in total. The number of carbonyl (C=O) groups excluding carboxylic acids is 1. The zero-order chi connectivity index (χ0) is 29.4. The molecule has 3 aromatic rings. The Hall–Kier alpha value is -3.93. The summed E-state index contributed by atoms with van der Waals surface area (Å²) in [6.45, 7) is 15.2. The third-order valence-electron chi connectivity index (χ3n) is 8.93. The monoisotopic (exact) mass is 550 g/mol. The Morgan fingerprint density at radius 3 is 1.88 bits per heavy atom. The van der Waals surface area contributed by atoms with Gasteiger partial charge in [0.15, 0.2) is 0 Å². The maximum Gasteiger partial charge on any atom is 0.305 e. The summed E-state index contributed by atoms with van der Waals surface area (Å²) >= 11 is 0. The Morgan fingerprint density at radius 2 is 1.27 bits per heavy atom. The normalized spacial score (nSPS) is 13.4. The van der Waals surface area contributed by atoms with E-state index in [1.165, 1.54) is 40.5 Å². The minimum Gasteiger partial charge on any atom is -0.469 e. The van der Waals surface area contributed by atoms with Gasteiger partial charge >= 0.3 is 5.97 Å². The first-order valence-electron chi connectivity index (χ1n) is 14.8. The highest BCUT2D eigenvalue weighted by Crippen LogP contribution is 2.36. The van der Waals surface area contributed by atoms with E-state index < -0.39 is 0 Å². The van der Waals surface area contributed by atoms with E-state index in [1.54, 1.807) is 0 Å². The van der Waals surface area contributed by atoms with Gasteiger partial charge in [0.05, 0.1) is 29.9 Å². The number of carbonyl (C=O) groups is 1. The topological polar surface area (TPSA) is 83.7 Å². The van der Waals surface area contributed by atoms with Gasteiger partial charge in [-0.15, -0.1) is 0 Å². The lowest BCUT2D eigenvalue weighted by atomic mass is 9.99. The fraction of sp³-hybridized carbons (Fsp3) is 0.400. The fourth-order valence-electron chi connectivity index (χ4n) is 6.07. The van der Waals surface area contributed by atoms with Gasteiger partial charge in [0.25, 0.3) is 0 Å². The number of aryl methyl sites for hydroxylation is 4. The van der Waals surface area contributed by atoms with Crippen LogP contribution in [0, 0.1) is 13.8 Å². The minimum absolute atomic E-state index is 0.207. The molecule has 0 unspecified atom stereocenters. The average molecular weight is 551 g/mol. The molecule has 0 atom stereocenters. The second-order valence-corrected chi connectivity index (χ2v) is 11.3. The van der Waals surface area contributed by atoms with Crippen LogP contribution in [0.2, 0.25) is 0 Å². The highest BCUT2D eigenvalue weighted by molar-refractivity contribution is 5.95. The molecule has 0 saturated heterocycles. The van der Waals surface area contributed by atoms with Crippen LogP contribution in [-0.4, -0.2) is 33.0 Å². The molecule has 2 aliphatic heterocycles. The third-order valence-corrected chi connectivity index (χ3v) is 8.93. The molecule has 0 fully saturated rings. The van der Waals surface area contributed by atoms with Gasteiger partial charge < -0.3 is 14.7 Å². The summed E-state index contributed by atoms with van der Waals surface area (Å²) in [7, 11) is 1.44. The number of hydrogen-bond donors (Lipinski definition) is 2. The summed E-state index contributed by atoms with van der Waals surface area (Å²) in [5.41, 5.74) is 17.8. The van der Waals surface area contributed by atoms with Gasteiger partial charge in [-0.3, -0.25) is 4.79 Å². The van der Waals surface area contributed by atoms with Crippen LogP contribution in [0.1, 0.15) is 105 Å². The van der Waals surface area contributed by atoms with Crippen LogP contribution in [0.25, 0.3) is 44.4 Å². The number of H-pyrrole nitrogens is 2. The number of nitrogens with one attached hydrogen (secondary N) is 2. The SMILES string of the molecule is CCCCC1=C(C)c2cc3[nH]c(cc4[nH]c(cc5nc(cc1n2)C(C)=C5C)c(C)c4CCC(=O)OC)c(CC)c3C. The van der Waals surface area contributed by atoms with Crippen molar-refractivity contribution in [3.63, 3.8) is 0 Å². The standard InChI is InChI=1S/C35H42N4O2/c1-9-11-12-25-22(6)31-16-29-21(5)24(10-2)32(37-29)18-34-26(13-14-35(40)41-8)23(7)30(39-34)15-27-19(3)20(4)28(36-27)17-33(25)38-31/h15-18,37,39H,9-14H2,1-8H3.